The fourth-order valence-electron chi connectivity index (χ4n) is 2.46. The molecule has 0 aromatic heterocycles. The summed E-state index contributed by atoms with van der Waals surface area (Å²) in [4.78, 5) is 6.63. The molecule has 1 aromatic carbocycles. The van der Waals surface area contributed by atoms with E-state index in [1.165, 1.54) is 18.4 Å². The molecular formula is C14H19N3O. The van der Waals surface area contributed by atoms with E-state index >= 15 is 0 Å². The lowest BCUT2D eigenvalue weighted by molar-refractivity contribution is 0.332. The van der Waals surface area contributed by atoms with E-state index < -0.39 is 0 Å². The molecule has 0 bridgehead atoms. The maximum absolute atomic E-state index is 6.00. The van der Waals surface area contributed by atoms with Gasteiger partial charge < -0.3 is 15.4 Å². The third-order valence-electron chi connectivity index (χ3n) is 3.73. The van der Waals surface area contributed by atoms with Crippen LogP contribution in [0.5, 0.6) is 5.75 Å². The van der Waals surface area contributed by atoms with E-state index in [1.54, 1.807) is 7.11 Å². The van der Waals surface area contributed by atoms with E-state index in [-0.39, 0.29) is 6.04 Å². The first-order valence-corrected chi connectivity index (χ1v) is 6.48. The largest absolute Gasteiger partial charge is 0.497 e. The second-order valence-electron chi connectivity index (χ2n) is 5.09. The van der Waals surface area contributed by atoms with E-state index in [1.807, 2.05) is 12.1 Å². The van der Waals surface area contributed by atoms with Gasteiger partial charge in [-0.3, -0.25) is 4.99 Å². The zero-order valence-corrected chi connectivity index (χ0v) is 10.7. The Balaban J connectivity index is 1.81. The normalized spacial score (nSPS) is 23.1. The number of aliphatic imine (C=N–C) groups is 1. The van der Waals surface area contributed by atoms with Crippen LogP contribution in [0.2, 0.25) is 0 Å². The van der Waals surface area contributed by atoms with Crippen molar-refractivity contribution in [3.05, 3.63) is 29.8 Å². The van der Waals surface area contributed by atoms with E-state index in [9.17, 15) is 0 Å². The minimum atomic E-state index is 0.278. The molecule has 4 heteroatoms. The molecule has 1 saturated carbocycles. The van der Waals surface area contributed by atoms with Crippen LogP contribution >= 0.6 is 0 Å². The minimum Gasteiger partial charge on any atom is -0.497 e. The second kappa shape index (κ2) is 4.52. The third kappa shape index (κ3) is 2.15. The van der Waals surface area contributed by atoms with Crippen LogP contribution in [-0.4, -0.2) is 31.1 Å². The topological polar surface area (TPSA) is 50.9 Å². The zero-order chi connectivity index (χ0) is 12.5. The molecule has 0 spiro atoms. The Labute approximate surface area is 107 Å². The monoisotopic (exact) mass is 245 g/mol. The molecule has 0 radical (unpaired) electrons. The number of guanidine groups is 1. The predicted molar refractivity (Wildman–Crippen MR) is 71.7 cm³/mol. The van der Waals surface area contributed by atoms with Gasteiger partial charge in [-0.2, -0.15) is 0 Å². The number of rotatable bonds is 4. The number of nitrogens with zero attached hydrogens (tertiary/aromatic N) is 2. The third-order valence-corrected chi connectivity index (χ3v) is 3.73. The van der Waals surface area contributed by atoms with Crippen LogP contribution in [0.15, 0.2) is 29.3 Å². The highest BCUT2D eigenvalue weighted by Crippen LogP contribution is 2.35. The van der Waals surface area contributed by atoms with Crippen molar-refractivity contribution in [1.29, 1.82) is 0 Å². The minimum absolute atomic E-state index is 0.278. The lowest BCUT2D eigenvalue weighted by atomic mass is 10.1. The molecule has 1 fully saturated rings. The highest BCUT2D eigenvalue weighted by Gasteiger charge is 2.33. The Bertz CT molecular complexity index is 468. The standard InChI is InChI=1S/C14H19N3O/c1-18-12-4-2-3-11(7-12)13-8-16-14(15)17(13)9-10-5-6-10/h2-4,7,10,13H,5-6,8-9H2,1H3,(H2,15,16). The number of hydrogen-bond acceptors (Lipinski definition) is 4. The zero-order valence-electron chi connectivity index (χ0n) is 10.7. The van der Waals surface area contributed by atoms with Gasteiger partial charge in [-0.25, -0.2) is 0 Å². The van der Waals surface area contributed by atoms with Crippen LogP contribution in [-0.2, 0) is 0 Å². The SMILES string of the molecule is COc1cccc(C2CN=C(N)N2CC2CC2)c1. The van der Waals surface area contributed by atoms with Crippen LogP contribution in [0.4, 0.5) is 0 Å². The molecule has 96 valence electrons. The molecule has 1 heterocycles. The molecule has 1 aliphatic carbocycles. The predicted octanol–water partition coefficient (Wildman–Crippen LogP) is 1.78. The van der Waals surface area contributed by atoms with Gasteiger partial charge in [0, 0.05) is 6.54 Å². The highest BCUT2D eigenvalue weighted by molar-refractivity contribution is 5.80. The van der Waals surface area contributed by atoms with Gasteiger partial charge in [0.05, 0.1) is 19.7 Å². The summed E-state index contributed by atoms with van der Waals surface area (Å²) in [5.74, 6) is 2.39. The molecule has 4 nitrogen and oxygen atoms in total. The van der Waals surface area contributed by atoms with Gasteiger partial charge in [0.25, 0.3) is 0 Å². The van der Waals surface area contributed by atoms with Gasteiger partial charge in [0.2, 0.25) is 0 Å². The molecule has 1 atom stereocenters. The van der Waals surface area contributed by atoms with E-state index in [0.29, 0.717) is 5.96 Å². The molecule has 2 N–H and O–H groups in total. The molecule has 1 unspecified atom stereocenters. The van der Waals surface area contributed by atoms with Crippen molar-refractivity contribution in [3.63, 3.8) is 0 Å². The maximum atomic E-state index is 6.00. The van der Waals surface area contributed by atoms with Crippen molar-refractivity contribution in [3.8, 4) is 5.75 Å². The number of hydrogen-bond donors (Lipinski definition) is 1. The van der Waals surface area contributed by atoms with Crippen molar-refractivity contribution in [2.45, 2.75) is 18.9 Å². The maximum Gasteiger partial charge on any atom is 0.191 e. The lowest BCUT2D eigenvalue weighted by Gasteiger charge is -2.26. The van der Waals surface area contributed by atoms with Crippen molar-refractivity contribution in [2.24, 2.45) is 16.6 Å². The van der Waals surface area contributed by atoms with Crippen LogP contribution in [0.1, 0.15) is 24.4 Å². The quantitative estimate of drug-likeness (QED) is 0.879. The number of benzene rings is 1. The number of ether oxygens (including phenoxy) is 1. The number of methoxy groups -OCH3 is 1. The van der Waals surface area contributed by atoms with E-state index in [2.05, 4.69) is 22.0 Å². The Morgan fingerprint density at radius 2 is 2.28 bits per heavy atom. The summed E-state index contributed by atoms with van der Waals surface area (Å²) in [7, 11) is 1.70. The van der Waals surface area contributed by atoms with Crippen molar-refractivity contribution in [1.82, 2.24) is 4.90 Å². The first-order chi connectivity index (χ1) is 8.78. The highest BCUT2D eigenvalue weighted by atomic mass is 16.5. The summed E-state index contributed by atoms with van der Waals surface area (Å²) in [5, 5.41) is 0. The molecule has 18 heavy (non-hydrogen) atoms. The average molecular weight is 245 g/mol. The number of nitrogens with two attached hydrogens (primary N) is 1. The first kappa shape index (κ1) is 11.4. The summed E-state index contributed by atoms with van der Waals surface area (Å²) in [6, 6.07) is 8.48. The van der Waals surface area contributed by atoms with Crippen LogP contribution in [0, 0.1) is 5.92 Å². The van der Waals surface area contributed by atoms with Gasteiger partial charge in [0.15, 0.2) is 5.96 Å². The van der Waals surface area contributed by atoms with Gasteiger partial charge in [-0.1, -0.05) is 12.1 Å². The average Bonchev–Trinajstić information content (AvgIpc) is 3.14. The first-order valence-electron chi connectivity index (χ1n) is 6.48. The van der Waals surface area contributed by atoms with Crippen molar-refractivity contribution >= 4 is 5.96 Å². The molecular weight excluding hydrogens is 226 g/mol. The molecule has 3 rings (SSSR count). The Kier molecular flexibility index (Phi) is 2.86. The smallest absolute Gasteiger partial charge is 0.191 e. The summed E-state index contributed by atoms with van der Waals surface area (Å²) in [5.41, 5.74) is 7.23. The molecule has 0 amide bonds. The summed E-state index contributed by atoms with van der Waals surface area (Å²) >= 11 is 0. The van der Waals surface area contributed by atoms with E-state index in [0.717, 1.165) is 24.8 Å². The van der Waals surface area contributed by atoms with Crippen LogP contribution < -0.4 is 10.5 Å². The van der Waals surface area contributed by atoms with Gasteiger partial charge in [-0.05, 0) is 36.5 Å². The summed E-state index contributed by atoms with van der Waals surface area (Å²) < 4.78 is 5.28. The Hall–Kier alpha value is -1.71. The van der Waals surface area contributed by atoms with Crippen LogP contribution in [0.25, 0.3) is 0 Å². The van der Waals surface area contributed by atoms with Gasteiger partial charge >= 0.3 is 0 Å². The summed E-state index contributed by atoms with van der Waals surface area (Å²) in [6.45, 7) is 1.79. The lowest BCUT2D eigenvalue weighted by Crippen LogP contribution is -2.37. The molecule has 1 aromatic rings. The fraction of sp³-hybridized carbons (Fsp3) is 0.500. The fourth-order valence-corrected chi connectivity index (χ4v) is 2.46. The van der Waals surface area contributed by atoms with E-state index in [4.69, 9.17) is 10.5 Å². The molecule has 2 aliphatic rings. The Morgan fingerprint density at radius 3 is 3.00 bits per heavy atom. The second-order valence-corrected chi connectivity index (χ2v) is 5.09. The van der Waals surface area contributed by atoms with Gasteiger partial charge in [0.1, 0.15) is 5.75 Å². The van der Waals surface area contributed by atoms with Crippen molar-refractivity contribution < 1.29 is 4.74 Å². The van der Waals surface area contributed by atoms with Crippen molar-refractivity contribution in [2.75, 3.05) is 20.2 Å². The Morgan fingerprint density at radius 1 is 1.44 bits per heavy atom. The van der Waals surface area contributed by atoms with Crippen LogP contribution in [0.3, 0.4) is 0 Å². The molecule has 1 aliphatic heterocycles. The summed E-state index contributed by atoms with van der Waals surface area (Å²) in [6.07, 6.45) is 2.66. The molecule has 0 saturated heterocycles. The van der Waals surface area contributed by atoms with Gasteiger partial charge in [-0.15, -0.1) is 0 Å².